The lowest BCUT2D eigenvalue weighted by molar-refractivity contribution is 0.879. The Morgan fingerprint density at radius 2 is 2.00 bits per heavy atom. The lowest BCUT2D eigenvalue weighted by atomic mass is 10.1. The first kappa shape index (κ1) is 14.6. The van der Waals surface area contributed by atoms with E-state index in [1.165, 1.54) is 16.2 Å². The van der Waals surface area contributed by atoms with Gasteiger partial charge in [0.15, 0.2) is 5.13 Å². The Morgan fingerprint density at radius 3 is 2.68 bits per heavy atom. The number of nitrogens with zero attached hydrogens (tertiary/aromatic N) is 1. The van der Waals surface area contributed by atoms with Crippen LogP contribution in [0, 0.1) is 6.92 Å². The lowest BCUT2D eigenvalue weighted by Gasteiger charge is -2.07. The smallest absolute Gasteiger partial charge is 0.180 e. The van der Waals surface area contributed by atoms with Crippen molar-refractivity contribution in [2.75, 3.05) is 5.73 Å². The van der Waals surface area contributed by atoms with Crippen LogP contribution in [0.4, 0.5) is 5.13 Å². The maximum atomic E-state index is 6.28. The molecule has 2 aromatic rings. The number of hydrogen-bond acceptors (Lipinski definition) is 3. The van der Waals surface area contributed by atoms with Gasteiger partial charge in [-0.3, -0.25) is 0 Å². The van der Waals surface area contributed by atoms with Crippen LogP contribution in [-0.2, 0) is 12.8 Å². The summed E-state index contributed by atoms with van der Waals surface area (Å²) in [6, 6.07) is 3.84. The van der Waals surface area contributed by atoms with Crippen LogP contribution in [0.1, 0.15) is 35.0 Å². The minimum Gasteiger partial charge on any atom is -0.375 e. The summed E-state index contributed by atoms with van der Waals surface area (Å²) in [5, 5.41) is 2.11. The van der Waals surface area contributed by atoms with Crippen LogP contribution in [0.25, 0.3) is 0 Å². The molecule has 0 bridgehead atoms. The van der Waals surface area contributed by atoms with Crippen LogP contribution in [0.15, 0.2) is 12.1 Å². The average Bonchev–Trinajstić information content (AvgIpc) is 2.67. The summed E-state index contributed by atoms with van der Waals surface area (Å²) in [6.45, 7) is 4.08. The van der Waals surface area contributed by atoms with Gasteiger partial charge in [-0.05, 0) is 36.6 Å². The molecule has 1 heterocycles. The molecule has 0 saturated carbocycles. The third-order valence-electron chi connectivity index (χ3n) is 2.96. The second-order valence-corrected chi connectivity index (χ2v) is 6.47. The number of rotatable bonds is 4. The predicted octanol–water partition coefficient (Wildman–Crippen LogP) is 4.88. The number of aromatic nitrogens is 1. The van der Waals surface area contributed by atoms with Crippen LogP contribution in [-0.4, -0.2) is 4.98 Å². The Hall–Kier alpha value is -0.770. The van der Waals surface area contributed by atoms with Crippen LogP contribution in [0.2, 0.25) is 10.0 Å². The highest BCUT2D eigenvalue weighted by atomic mass is 35.5. The number of nitrogens with two attached hydrogens (primary N) is 1. The minimum absolute atomic E-state index is 0.618. The van der Waals surface area contributed by atoms with Gasteiger partial charge in [-0.15, -0.1) is 11.3 Å². The molecule has 2 N–H and O–H groups in total. The predicted molar refractivity (Wildman–Crippen MR) is 84.5 cm³/mol. The standard InChI is InChI=1S/C14H16Cl2N2S/c1-3-4-12-13(19-14(17)18-12)7-9-6-10(15)8(2)5-11(9)16/h5-6H,3-4,7H2,1-2H3,(H2,17,18). The fourth-order valence-corrected chi connectivity index (χ4v) is 3.34. The van der Waals surface area contributed by atoms with Crippen LogP contribution in [0.3, 0.4) is 0 Å². The summed E-state index contributed by atoms with van der Waals surface area (Å²) in [5.41, 5.74) is 8.90. The van der Waals surface area contributed by atoms with Crippen LogP contribution in [0.5, 0.6) is 0 Å². The van der Waals surface area contributed by atoms with Gasteiger partial charge in [0.05, 0.1) is 5.69 Å². The SMILES string of the molecule is CCCc1nc(N)sc1Cc1cc(Cl)c(C)cc1Cl. The maximum Gasteiger partial charge on any atom is 0.180 e. The molecule has 0 spiro atoms. The molecule has 0 fully saturated rings. The second-order valence-electron chi connectivity index (χ2n) is 4.54. The first-order chi connectivity index (χ1) is 9.01. The largest absolute Gasteiger partial charge is 0.375 e. The maximum absolute atomic E-state index is 6.28. The van der Waals surface area contributed by atoms with Gasteiger partial charge in [-0.1, -0.05) is 36.5 Å². The van der Waals surface area contributed by atoms with Crippen LogP contribution >= 0.6 is 34.5 Å². The zero-order chi connectivity index (χ0) is 14.0. The number of halogens is 2. The molecule has 0 aliphatic rings. The number of aryl methyl sites for hydroxylation is 2. The fourth-order valence-electron chi connectivity index (χ4n) is 1.97. The molecule has 19 heavy (non-hydrogen) atoms. The Bertz CT molecular complexity index is 593. The highest BCUT2D eigenvalue weighted by molar-refractivity contribution is 7.15. The molecular formula is C14H16Cl2N2S. The van der Waals surface area contributed by atoms with Gasteiger partial charge in [0.25, 0.3) is 0 Å². The van der Waals surface area contributed by atoms with E-state index in [-0.39, 0.29) is 0 Å². The van der Waals surface area contributed by atoms with E-state index in [4.69, 9.17) is 28.9 Å². The van der Waals surface area contributed by atoms with Gasteiger partial charge < -0.3 is 5.73 Å². The van der Waals surface area contributed by atoms with Gasteiger partial charge in [0.1, 0.15) is 0 Å². The van der Waals surface area contributed by atoms with Crippen LogP contribution < -0.4 is 5.73 Å². The van der Waals surface area contributed by atoms with E-state index in [1.54, 1.807) is 0 Å². The molecule has 5 heteroatoms. The Labute approximate surface area is 127 Å². The van der Waals surface area contributed by atoms with E-state index in [2.05, 4.69) is 11.9 Å². The lowest BCUT2D eigenvalue weighted by Crippen LogP contribution is -1.94. The molecule has 0 aliphatic carbocycles. The van der Waals surface area contributed by atoms with E-state index in [0.29, 0.717) is 5.13 Å². The van der Waals surface area contributed by atoms with Crippen molar-refractivity contribution in [3.8, 4) is 0 Å². The summed E-state index contributed by atoms with van der Waals surface area (Å²) in [4.78, 5) is 5.57. The zero-order valence-electron chi connectivity index (χ0n) is 11.0. The number of hydrogen-bond donors (Lipinski definition) is 1. The molecule has 0 unspecified atom stereocenters. The van der Waals surface area contributed by atoms with Gasteiger partial charge >= 0.3 is 0 Å². The highest BCUT2D eigenvalue weighted by Crippen LogP contribution is 2.30. The molecule has 2 nitrogen and oxygen atoms in total. The first-order valence-corrected chi connectivity index (χ1v) is 7.77. The van der Waals surface area contributed by atoms with Crippen molar-refractivity contribution in [2.45, 2.75) is 33.1 Å². The van der Waals surface area contributed by atoms with E-state index >= 15 is 0 Å². The minimum atomic E-state index is 0.618. The average molecular weight is 315 g/mol. The topological polar surface area (TPSA) is 38.9 Å². The van der Waals surface area contributed by atoms with Crippen molar-refractivity contribution in [1.82, 2.24) is 4.98 Å². The quantitative estimate of drug-likeness (QED) is 0.873. The van der Waals surface area contributed by atoms with Crippen molar-refractivity contribution in [3.05, 3.63) is 43.9 Å². The molecule has 0 aliphatic heterocycles. The van der Waals surface area contributed by atoms with E-state index in [1.807, 2.05) is 19.1 Å². The molecule has 1 aromatic heterocycles. The van der Waals surface area contributed by atoms with E-state index in [0.717, 1.165) is 46.1 Å². The van der Waals surface area contributed by atoms with Gasteiger partial charge in [-0.2, -0.15) is 0 Å². The van der Waals surface area contributed by atoms with Gasteiger partial charge in [0, 0.05) is 21.3 Å². The molecule has 2 rings (SSSR count). The molecule has 0 atom stereocenters. The monoisotopic (exact) mass is 314 g/mol. The molecule has 102 valence electrons. The van der Waals surface area contributed by atoms with E-state index < -0.39 is 0 Å². The molecule has 0 amide bonds. The Morgan fingerprint density at radius 1 is 1.26 bits per heavy atom. The van der Waals surface area contributed by atoms with Gasteiger partial charge in [-0.25, -0.2) is 4.98 Å². The number of nitrogen functional groups attached to an aromatic ring is 1. The third kappa shape index (κ3) is 3.41. The summed E-state index contributed by atoms with van der Waals surface area (Å²) < 4.78 is 0. The summed E-state index contributed by atoms with van der Waals surface area (Å²) in [6.07, 6.45) is 2.74. The number of anilines is 1. The molecule has 0 saturated heterocycles. The van der Waals surface area contributed by atoms with Gasteiger partial charge in [0.2, 0.25) is 0 Å². The summed E-state index contributed by atoms with van der Waals surface area (Å²) >= 11 is 14.0. The van der Waals surface area contributed by atoms with Crippen molar-refractivity contribution < 1.29 is 0 Å². The van der Waals surface area contributed by atoms with E-state index in [9.17, 15) is 0 Å². The van der Waals surface area contributed by atoms with Crippen molar-refractivity contribution in [1.29, 1.82) is 0 Å². The molecule has 1 aromatic carbocycles. The first-order valence-electron chi connectivity index (χ1n) is 6.19. The normalized spacial score (nSPS) is 10.9. The summed E-state index contributed by atoms with van der Waals surface area (Å²) in [5.74, 6) is 0. The van der Waals surface area contributed by atoms with Crippen molar-refractivity contribution in [3.63, 3.8) is 0 Å². The Kier molecular flexibility index (Phi) is 4.71. The van der Waals surface area contributed by atoms with Crippen molar-refractivity contribution in [2.24, 2.45) is 0 Å². The third-order valence-corrected chi connectivity index (χ3v) is 4.65. The van der Waals surface area contributed by atoms with Crippen molar-refractivity contribution >= 4 is 39.7 Å². The fraction of sp³-hybridized carbons (Fsp3) is 0.357. The molecule has 0 radical (unpaired) electrons. The Balaban J connectivity index is 2.33. The number of benzene rings is 1. The molecular weight excluding hydrogens is 299 g/mol. The summed E-state index contributed by atoms with van der Waals surface area (Å²) in [7, 11) is 0. The number of thiazole rings is 1. The second kappa shape index (κ2) is 6.12. The zero-order valence-corrected chi connectivity index (χ0v) is 13.3. The highest BCUT2D eigenvalue weighted by Gasteiger charge is 2.12.